The van der Waals surface area contributed by atoms with E-state index in [0.717, 1.165) is 27.5 Å². The molecule has 0 radical (unpaired) electrons. The minimum absolute atomic E-state index is 0.0278. The first-order valence-corrected chi connectivity index (χ1v) is 13.7. The van der Waals surface area contributed by atoms with Gasteiger partial charge in [-0.05, 0) is 61.1 Å². The topological polar surface area (TPSA) is 110 Å². The predicted molar refractivity (Wildman–Crippen MR) is 163 cm³/mol. The lowest BCUT2D eigenvalue weighted by Gasteiger charge is -2.22. The molecule has 0 unspecified atom stereocenters. The first-order chi connectivity index (χ1) is 21.7. The maximum atomic E-state index is 13.2. The SMILES string of the molecule is CNCc1ccc(C(=O)N(OC(=O)C(F)(F)F)c2ccc(Nc3cc(-c4cccc5c4oc4ccccc45)ncn3)cc2)cc1. The van der Waals surface area contributed by atoms with Crippen LogP contribution in [0, 0.1) is 0 Å². The van der Waals surface area contributed by atoms with E-state index in [4.69, 9.17) is 4.42 Å². The molecule has 6 aromatic rings. The quantitative estimate of drug-likeness (QED) is 0.183. The van der Waals surface area contributed by atoms with Crippen LogP contribution in [0.2, 0.25) is 0 Å². The van der Waals surface area contributed by atoms with Crippen molar-refractivity contribution in [2.75, 3.05) is 17.4 Å². The van der Waals surface area contributed by atoms with E-state index < -0.39 is 18.1 Å². The van der Waals surface area contributed by atoms with Gasteiger partial charge in [0.2, 0.25) is 0 Å². The summed E-state index contributed by atoms with van der Waals surface area (Å²) in [6.45, 7) is 0.527. The standard InChI is InChI=1S/C33H24F3N5O4/c1-37-18-20-9-11-21(12-10-20)31(42)41(45-32(43)33(34,35)36)23-15-13-22(14-16-23)40-29-17-27(38-19-39-29)26-7-4-6-25-24-5-2-3-8-28(24)44-30(25)26/h2-17,19,37H,18H2,1H3,(H,38,39,40). The van der Waals surface area contributed by atoms with E-state index in [9.17, 15) is 22.8 Å². The molecule has 0 aliphatic heterocycles. The molecule has 0 aliphatic carbocycles. The van der Waals surface area contributed by atoms with Crippen LogP contribution in [0.3, 0.4) is 0 Å². The number of furan rings is 1. The molecule has 2 aromatic heterocycles. The van der Waals surface area contributed by atoms with Gasteiger partial charge in [0.15, 0.2) is 0 Å². The van der Waals surface area contributed by atoms with Crippen LogP contribution in [0.5, 0.6) is 0 Å². The van der Waals surface area contributed by atoms with Crippen molar-refractivity contribution in [2.45, 2.75) is 12.7 Å². The second kappa shape index (κ2) is 12.1. The lowest BCUT2D eigenvalue weighted by Crippen LogP contribution is -2.38. The molecule has 0 spiro atoms. The van der Waals surface area contributed by atoms with Crippen LogP contribution < -0.4 is 15.7 Å². The fourth-order valence-electron chi connectivity index (χ4n) is 4.78. The van der Waals surface area contributed by atoms with E-state index >= 15 is 0 Å². The Hall–Kier alpha value is -5.75. The third kappa shape index (κ3) is 6.17. The van der Waals surface area contributed by atoms with Crippen LogP contribution in [0.4, 0.5) is 30.4 Å². The lowest BCUT2D eigenvalue weighted by molar-refractivity contribution is -0.199. The first kappa shape index (κ1) is 29.3. The third-order valence-electron chi connectivity index (χ3n) is 6.89. The van der Waals surface area contributed by atoms with Gasteiger partial charge in [-0.15, -0.1) is 5.06 Å². The number of aromatic nitrogens is 2. The molecular weight excluding hydrogens is 587 g/mol. The van der Waals surface area contributed by atoms with Gasteiger partial charge < -0.3 is 19.9 Å². The number of anilines is 3. The summed E-state index contributed by atoms with van der Waals surface area (Å²) < 4.78 is 45.4. The van der Waals surface area contributed by atoms with Crippen LogP contribution in [0.1, 0.15) is 15.9 Å². The van der Waals surface area contributed by atoms with Crippen molar-refractivity contribution in [3.8, 4) is 11.3 Å². The number of para-hydroxylation sites is 2. The maximum Gasteiger partial charge on any atom is 0.493 e. The molecule has 6 rings (SSSR count). The third-order valence-corrected chi connectivity index (χ3v) is 6.89. The summed E-state index contributed by atoms with van der Waals surface area (Å²) in [5.41, 5.74) is 4.09. The van der Waals surface area contributed by atoms with Crippen molar-refractivity contribution >= 4 is 51.0 Å². The Bertz CT molecular complexity index is 2010. The van der Waals surface area contributed by atoms with Crippen molar-refractivity contribution in [2.24, 2.45) is 0 Å². The molecular formula is C33H24F3N5O4. The smallest absolute Gasteiger partial charge is 0.455 e. The summed E-state index contributed by atoms with van der Waals surface area (Å²) in [6, 6.07) is 27.1. The van der Waals surface area contributed by atoms with Gasteiger partial charge in [0.05, 0.1) is 11.4 Å². The first-order valence-electron chi connectivity index (χ1n) is 13.7. The Morgan fingerprint density at radius 3 is 2.36 bits per heavy atom. The number of hydrogen-bond acceptors (Lipinski definition) is 8. The second-order valence-corrected chi connectivity index (χ2v) is 9.94. The molecule has 2 heterocycles. The van der Waals surface area contributed by atoms with Crippen molar-refractivity contribution in [1.82, 2.24) is 15.3 Å². The second-order valence-electron chi connectivity index (χ2n) is 9.94. The summed E-state index contributed by atoms with van der Waals surface area (Å²) in [7, 11) is 1.75. The normalized spacial score (nSPS) is 11.5. The number of carbonyl (C=O) groups is 2. The van der Waals surface area contributed by atoms with Gasteiger partial charge in [0, 0.05) is 40.2 Å². The molecule has 0 bridgehead atoms. The van der Waals surface area contributed by atoms with Crippen LogP contribution >= 0.6 is 0 Å². The number of hydroxylamine groups is 1. The Morgan fingerprint density at radius 2 is 1.62 bits per heavy atom. The number of amides is 1. The Balaban J connectivity index is 1.26. The zero-order chi connectivity index (χ0) is 31.6. The number of halogens is 3. The highest BCUT2D eigenvalue weighted by atomic mass is 19.4. The lowest BCUT2D eigenvalue weighted by atomic mass is 10.1. The molecule has 1 amide bonds. The number of fused-ring (bicyclic) bond motifs is 3. The minimum atomic E-state index is -5.31. The molecule has 4 aromatic carbocycles. The van der Waals surface area contributed by atoms with Crippen molar-refractivity contribution in [3.63, 3.8) is 0 Å². The zero-order valence-electron chi connectivity index (χ0n) is 23.6. The molecule has 2 N–H and O–H groups in total. The van der Waals surface area contributed by atoms with Crippen LogP contribution in [0.25, 0.3) is 33.2 Å². The van der Waals surface area contributed by atoms with Crippen molar-refractivity contribution in [1.29, 1.82) is 0 Å². The average molecular weight is 612 g/mol. The summed E-state index contributed by atoms with van der Waals surface area (Å²) in [5, 5.41) is 8.34. The number of hydrogen-bond donors (Lipinski definition) is 2. The number of alkyl halides is 3. The molecule has 45 heavy (non-hydrogen) atoms. The van der Waals surface area contributed by atoms with Gasteiger partial charge >= 0.3 is 12.1 Å². The highest BCUT2D eigenvalue weighted by Gasteiger charge is 2.44. The van der Waals surface area contributed by atoms with Gasteiger partial charge in [-0.25, -0.2) is 14.8 Å². The highest BCUT2D eigenvalue weighted by molar-refractivity contribution is 6.09. The van der Waals surface area contributed by atoms with Crippen LogP contribution in [-0.4, -0.2) is 35.1 Å². The summed E-state index contributed by atoms with van der Waals surface area (Å²) >= 11 is 0. The number of nitrogens with one attached hydrogen (secondary N) is 2. The Kier molecular flexibility index (Phi) is 7.88. The molecule has 0 fully saturated rings. The van der Waals surface area contributed by atoms with Gasteiger partial charge in [0.1, 0.15) is 23.3 Å². The van der Waals surface area contributed by atoms with Crippen LogP contribution in [-0.2, 0) is 16.2 Å². The number of nitrogens with zero attached hydrogens (tertiary/aromatic N) is 3. The molecule has 0 saturated heterocycles. The van der Waals surface area contributed by atoms with Gasteiger partial charge in [-0.2, -0.15) is 13.2 Å². The number of rotatable bonds is 7. The molecule has 0 aliphatic rings. The van der Waals surface area contributed by atoms with Crippen LogP contribution in [0.15, 0.2) is 108 Å². The number of benzene rings is 4. The fourth-order valence-corrected chi connectivity index (χ4v) is 4.78. The van der Waals surface area contributed by atoms with E-state index in [1.54, 1.807) is 25.2 Å². The van der Waals surface area contributed by atoms with E-state index in [-0.39, 0.29) is 11.3 Å². The van der Waals surface area contributed by atoms with Crippen molar-refractivity contribution in [3.05, 3.63) is 115 Å². The average Bonchev–Trinajstić information content (AvgIpc) is 3.43. The Labute approximate surface area is 254 Å². The predicted octanol–water partition coefficient (Wildman–Crippen LogP) is 7.17. The molecule has 12 heteroatoms. The van der Waals surface area contributed by atoms with E-state index in [2.05, 4.69) is 25.4 Å². The molecule has 0 saturated carbocycles. The monoisotopic (exact) mass is 611 g/mol. The zero-order valence-corrected chi connectivity index (χ0v) is 23.6. The highest BCUT2D eigenvalue weighted by Crippen LogP contribution is 2.35. The van der Waals surface area contributed by atoms with E-state index in [1.165, 1.54) is 42.7 Å². The Morgan fingerprint density at radius 1 is 0.889 bits per heavy atom. The van der Waals surface area contributed by atoms with Gasteiger partial charge in [0.25, 0.3) is 5.91 Å². The summed E-state index contributed by atoms with van der Waals surface area (Å²) in [5.74, 6) is -3.05. The van der Waals surface area contributed by atoms with E-state index in [1.807, 2.05) is 42.5 Å². The summed E-state index contributed by atoms with van der Waals surface area (Å²) in [4.78, 5) is 38.2. The van der Waals surface area contributed by atoms with E-state index in [0.29, 0.717) is 34.4 Å². The summed E-state index contributed by atoms with van der Waals surface area (Å²) in [6.07, 6.45) is -3.92. The largest absolute Gasteiger partial charge is 0.493 e. The minimum Gasteiger partial charge on any atom is -0.455 e. The van der Waals surface area contributed by atoms with Crippen molar-refractivity contribution < 1.29 is 32.0 Å². The molecule has 0 atom stereocenters. The number of carbonyl (C=O) groups excluding carboxylic acids is 2. The molecule has 226 valence electrons. The fraction of sp³-hybridized carbons (Fsp3) is 0.0909. The van der Waals surface area contributed by atoms with Gasteiger partial charge in [-0.3, -0.25) is 4.79 Å². The van der Waals surface area contributed by atoms with Gasteiger partial charge in [-0.1, -0.05) is 42.5 Å². The molecule has 9 nitrogen and oxygen atoms in total. The maximum absolute atomic E-state index is 13.2.